The monoisotopic (exact) mass is 780 g/mol. The highest BCUT2D eigenvalue weighted by Crippen LogP contribution is 2.43. The maximum absolute atomic E-state index is 7.03. The van der Waals surface area contributed by atoms with Gasteiger partial charge in [0.1, 0.15) is 11.2 Å². The van der Waals surface area contributed by atoms with Crippen molar-refractivity contribution in [1.29, 1.82) is 0 Å². The molecule has 0 N–H and O–H groups in total. The summed E-state index contributed by atoms with van der Waals surface area (Å²) >= 11 is 0. The maximum atomic E-state index is 7.03. The zero-order valence-corrected chi connectivity index (χ0v) is 33.0. The van der Waals surface area contributed by atoms with Crippen LogP contribution in [0, 0.1) is 0 Å². The van der Waals surface area contributed by atoms with Crippen molar-refractivity contribution in [2.45, 2.75) is 0 Å². The average Bonchev–Trinajstić information content (AvgIpc) is 3.74. The molecule has 5 nitrogen and oxygen atoms in total. The Morgan fingerprint density at radius 1 is 0.246 bits per heavy atom. The lowest BCUT2D eigenvalue weighted by molar-refractivity contribution is 0.671. The van der Waals surface area contributed by atoms with E-state index in [1.165, 1.54) is 0 Å². The minimum absolute atomic E-state index is 0.649. The molecule has 0 spiro atoms. The van der Waals surface area contributed by atoms with Crippen LogP contribution in [0.1, 0.15) is 0 Å². The summed E-state index contributed by atoms with van der Waals surface area (Å²) in [6.45, 7) is 0. The first-order valence-electron chi connectivity index (χ1n) is 20.4. The van der Waals surface area contributed by atoms with Gasteiger partial charge in [-0.2, -0.15) is 0 Å². The van der Waals surface area contributed by atoms with E-state index in [2.05, 4.69) is 140 Å². The second-order valence-corrected chi connectivity index (χ2v) is 15.0. The lowest BCUT2D eigenvalue weighted by Crippen LogP contribution is -1.97. The van der Waals surface area contributed by atoms with Crippen molar-refractivity contribution in [3.63, 3.8) is 0 Å². The van der Waals surface area contributed by atoms with Crippen LogP contribution in [0.25, 0.3) is 112 Å². The van der Waals surface area contributed by atoms with E-state index in [0.29, 0.717) is 11.6 Å². The van der Waals surface area contributed by atoms with Gasteiger partial charge in [-0.3, -0.25) is 0 Å². The molecule has 0 saturated heterocycles. The van der Waals surface area contributed by atoms with Crippen LogP contribution in [-0.2, 0) is 0 Å². The van der Waals surface area contributed by atoms with Gasteiger partial charge in [0.2, 0.25) is 0 Å². The van der Waals surface area contributed by atoms with Crippen LogP contribution in [0.5, 0.6) is 0 Å². The average molecular weight is 781 g/mol. The van der Waals surface area contributed by atoms with Crippen molar-refractivity contribution >= 4 is 21.9 Å². The topological polar surface area (TPSA) is 64.7 Å². The normalized spacial score (nSPS) is 11.3. The largest absolute Gasteiger partial charge is 0.455 e. The van der Waals surface area contributed by atoms with Gasteiger partial charge >= 0.3 is 0 Å². The van der Waals surface area contributed by atoms with E-state index < -0.39 is 0 Å². The number of aromatic nitrogens is 4. The van der Waals surface area contributed by atoms with Crippen molar-refractivity contribution in [2.75, 3.05) is 0 Å². The summed E-state index contributed by atoms with van der Waals surface area (Å²) in [4.78, 5) is 20.6. The molecular formula is C56H36N4O. The summed E-state index contributed by atoms with van der Waals surface area (Å²) in [5, 5.41) is 2.08. The summed E-state index contributed by atoms with van der Waals surface area (Å²) in [5.41, 5.74) is 15.0. The Morgan fingerprint density at radius 3 is 1.11 bits per heavy atom. The number of benzene rings is 8. The minimum atomic E-state index is 0.649. The van der Waals surface area contributed by atoms with E-state index >= 15 is 0 Å². The molecule has 0 bridgehead atoms. The van der Waals surface area contributed by atoms with Crippen molar-refractivity contribution < 1.29 is 4.42 Å². The van der Waals surface area contributed by atoms with Crippen LogP contribution in [0.2, 0.25) is 0 Å². The molecule has 3 heterocycles. The predicted octanol–water partition coefficient (Wildman–Crippen LogP) is 14.5. The lowest BCUT2D eigenvalue weighted by atomic mass is 9.96. The number of para-hydroxylation sites is 2. The standard InChI is InChI=1S/C56H36N4O/c1-5-18-37(19-6-1)49-35-50(38-20-7-2-8-21-38)58-55(57-49)42-27-15-26-41(34-42)43-30-16-32-46-47-33-17-31-45(54(47)61-53(43)46)44-28-13-14-29-48(44)56-59-51(39-22-9-3-10-23-39)36-52(60-56)40-24-11-4-12-25-40/h1-36H. The van der Waals surface area contributed by atoms with Gasteiger partial charge < -0.3 is 4.42 Å². The number of hydrogen-bond donors (Lipinski definition) is 0. The van der Waals surface area contributed by atoms with Gasteiger partial charge in [-0.25, -0.2) is 19.9 Å². The summed E-state index contributed by atoms with van der Waals surface area (Å²) < 4.78 is 7.03. The Balaban J connectivity index is 1.04. The van der Waals surface area contributed by atoms with Gasteiger partial charge in [-0.15, -0.1) is 0 Å². The molecule has 0 amide bonds. The van der Waals surface area contributed by atoms with E-state index in [-0.39, 0.29) is 0 Å². The van der Waals surface area contributed by atoms with E-state index in [1.807, 2.05) is 78.9 Å². The molecule has 61 heavy (non-hydrogen) atoms. The molecule has 0 saturated carbocycles. The van der Waals surface area contributed by atoms with Crippen LogP contribution in [0.3, 0.4) is 0 Å². The zero-order valence-electron chi connectivity index (χ0n) is 33.0. The van der Waals surface area contributed by atoms with E-state index in [9.17, 15) is 0 Å². The summed E-state index contributed by atoms with van der Waals surface area (Å²) in [6, 6.07) is 74.8. The summed E-state index contributed by atoms with van der Waals surface area (Å²) in [5.74, 6) is 1.31. The summed E-state index contributed by atoms with van der Waals surface area (Å²) in [6.07, 6.45) is 0. The molecule has 0 radical (unpaired) electrons. The molecular weight excluding hydrogens is 745 g/mol. The lowest BCUT2D eigenvalue weighted by Gasteiger charge is -2.13. The Bertz CT molecular complexity index is 3230. The highest BCUT2D eigenvalue weighted by molar-refractivity contribution is 6.13. The second kappa shape index (κ2) is 15.5. The molecule has 0 aliphatic carbocycles. The van der Waals surface area contributed by atoms with Gasteiger partial charge in [0, 0.05) is 55.3 Å². The first kappa shape index (κ1) is 35.8. The third-order valence-corrected chi connectivity index (χ3v) is 11.1. The number of fused-ring (bicyclic) bond motifs is 3. The van der Waals surface area contributed by atoms with Crippen molar-refractivity contribution in [2.24, 2.45) is 0 Å². The number of furan rings is 1. The number of nitrogens with zero attached hydrogens (tertiary/aromatic N) is 4. The molecule has 0 fully saturated rings. The van der Waals surface area contributed by atoms with Gasteiger partial charge in [-0.1, -0.05) is 200 Å². The highest BCUT2D eigenvalue weighted by atomic mass is 16.3. The van der Waals surface area contributed by atoms with Crippen molar-refractivity contribution in [3.8, 4) is 90.1 Å². The number of rotatable bonds is 8. The fourth-order valence-corrected chi connectivity index (χ4v) is 8.17. The van der Waals surface area contributed by atoms with Gasteiger partial charge in [0.25, 0.3) is 0 Å². The molecule has 0 atom stereocenters. The molecule has 0 aliphatic heterocycles. The quantitative estimate of drug-likeness (QED) is 0.154. The minimum Gasteiger partial charge on any atom is -0.455 e. The first-order valence-corrected chi connectivity index (χ1v) is 20.4. The predicted molar refractivity (Wildman–Crippen MR) is 248 cm³/mol. The van der Waals surface area contributed by atoms with Gasteiger partial charge in [0.05, 0.1) is 22.8 Å². The van der Waals surface area contributed by atoms with Crippen LogP contribution in [0.4, 0.5) is 0 Å². The Kier molecular flexibility index (Phi) is 9.10. The van der Waals surface area contributed by atoms with Crippen molar-refractivity contribution in [1.82, 2.24) is 19.9 Å². The summed E-state index contributed by atoms with van der Waals surface area (Å²) in [7, 11) is 0. The Morgan fingerprint density at radius 2 is 0.607 bits per heavy atom. The number of hydrogen-bond acceptors (Lipinski definition) is 5. The van der Waals surface area contributed by atoms with Crippen LogP contribution in [0.15, 0.2) is 223 Å². The van der Waals surface area contributed by atoms with E-state index in [1.54, 1.807) is 0 Å². The molecule has 8 aromatic carbocycles. The fourth-order valence-electron chi connectivity index (χ4n) is 8.17. The van der Waals surface area contributed by atoms with E-state index in [0.717, 1.165) is 100 Å². The van der Waals surface area contributed by atoms with Crippen molar-refractivity contribution in [3.05, 3.63) is 218 Å². The molecule has 286 valence electrons. The third kappa shape index (κ3) is 6.84. The molecule has 5 heteroatoms. The molecule has 11 aromatic rings. The Hall–Kier alpha value is -8.28. The fraction of sp³-hybridized carbons (Fsp3) is 0. The smallest absolute Gasteiger partial charge is 0.161 e. The third-order valence-electron chi connectivity index (χ3n) is 11.1. The zero-order chi connectivity index (χ0) is 40.5. The van der Waals surface area contributed by atoms with Gasteiger partial charge in [0.15, 0.2) is 11.6 Å². The van der Waals surface area contributed by atoms with Crippen LogP contribution < -0.4 is 0 Å². The highest BCUT2D eigenvalue weighted by Gasteiger charge is 2.20. The van der Waals surface area contributed by atoms with Crippen LogP contribution >= 0.6 is 0 Å². The van der Waals surface area contributed by atoms with Crippen LogP contribution in [-0.4, -0.2) is 19.9 Å². The Labute approximate surface area is 353 Å². The second-order valence-electron chi connectivity index (χ2n) is 15.0. The SMILES string of the molecule is c1ccc(-c2cc(-c3ccccc3)nc(-c3cccc(-c4cccc5c4oc4c(-c6ccccc6-c6nc(-c7ccccc7)cc(-c7ccccc7)n6)cccc45)c3)n2)cc1. The molecule has 11 rings (SSSR count). The maximum Gasteiger partial charge on any atom is 0.161 e. The molecule has 0 unspecified atom stereocenters. The van der Waals surface area contributed by atoms with E-state index in [4.69, 9.17) is 24.4 Å². The first-order chi connectivity index (χ1) is 30.2. The molecule has 0 aliphatic rings. The molecule has 3 aromatic heterocycles. The van der Waals surface area contributed by atoms with Gasteiger partial charge in [-0.05, 0) is 29.3 Å².